The van der Waals surface area contributed by atoms with Gasteiger partial charge in [-0.05, 0) is 131 Å². The van der Waals surface area contributed by atoms with Crippen LogP contribution in [0.25, 0.3) is 11.3 Å². The molecule has 1 saturated heterocycles. The average molecular weight is 475 g/mol. The molecule has 2 aromatic heterocycles. The van der Waals surface area contributed by atoms with Crippen LogP contribution in [0.1, 0.15) is 69.9 Å². The Hall–Kier alpha value is -1.95. The minimum absolute atomic E-state index is 0.637. The van der Waals surface area contributed by atoms with Crippen LogP contribution in [0.3, 0.4) is 0 Å². The van der Waals surface area contributed by atoms with Crippen molar-refractivity contribution < 1.29 is 0 Å². The number of hydrogen-bond acceptors (Lipinski definition) is 5. The Kier molecular flexibility index (Phi) is 5.27. The molecule has 6 aliphatic rings. The van der Waals surface area contributed by atoms with Crippen molar-refractivity contribution in [2.45, 2.75) is 71.1 Å². The number of aryl methyl sites for hydroxylation is 2. The van der Waals surface area contributed by atoms with Crippen LogP contribution in [0.5, 0.6) is 0 Å². The highest BCUT2D eigenvalue weighted by molar-refractivity contribution is 5.61. The summed E-state index contributed by atoms with van der Waals surface area (Å²) in [6.07, 6.45) is 17.0. The van der Waals surface area contributed by atoms with Gasteiger partial charge in [0, 0.05) is 31.9 Å². The molecule has 4 bridgehead atoms. The molecule has 3 heterocycles. The zero-order valence-corrected chi connectivity index (χ0v) is 21.7. The van der Waals surface area contributed by atoms with Crippen molar-refractivity contribution in [3.63, 3.8) is 0 Å². The second-order valence-corrected chi connectivity index (χ2v) is 13.5. The predicted molar refractivity (Wildman–Crippen MR) is 139 cm³/mol. The van der Waals surface area contributed by atoms with E-state index in [0.29, 0.717) is 10.8 Å². The molecule has 0 aromatic carbocycles. The topological polar surface area (TPSA) is 58.9 Å². The first-order chi connectivity index (χ1) is 16.9. The van der Waals surface area contributed by atoms with Gasteiger partial charge in [-0.1, -0.05) is 0 Å². The van der Waals surface area contributed by atoms with Gasteiger partial charge in [-0.15, -0.1) is 10.2 Å². The van der Waals surface area contributed by atoms with Crippen LogP contribution in [0.4, 0.5) is 5.82 Å². The predicted octanol–water partition coefficient (Wildman–Crippen LogP) is 5.31. The maximum absolute atomic E-state index is 4.44. The van der Waals surface area contributed by atoms with Gasteiger partial charge in [-0.25, -0.2) is 0 Å². The fourth-order valence-corrected chi connectivity index (χ4v) is 9.53. The van der Waals surface area contributed by atoms with Crippen molar-refractivity contribution in [3.8, 4) is 11.3 Å². The maximum atomic E-state index is 4.44. The summed E-state index contributed by atoms with van der Waals surface area (Å²) in [5.74, 6) is 4.92. The third kappa shape index (κ3) is 4.20. The van der Waals surface area contributed by atoms with Gasteiger partial charge in [0.25, 0.3) is 0 Å². The summed E-state index contributed by atoms with van der Waals surface area (Å²) < 4.78 is 1.83. The second-order valence-electron chi connectivity index (χ2n) is 13.5. The van der Waals surface area contributed by atoms with Crippen molar-refractivity contribution in [2.75, 3.05) is 31.5 Å². The quantitative estimate of drug-likeness (QED) is 0.615. The SMILES string of the molecule is Cc1nn(C)cc1-c1ccc(NCC2CC3(CCN(CC45CC6CC(CC(C6)C4)C5)CC3)C2)nn1. The molecule has 6 heteroatoms. The smallest absolute Gasteiger partial charge is 0.148 e. The number of nitrogens with zero attached hydrogens (tertiary/aromatic N) is 5. The molecule has 35 heavy (non-hydrogen) atoms. The highest BCUT2D eigenvalue weighted by atomic mass is 15.3. The van der Waals surface area contributed by atoms with Crippen LogP contribution in [-0.2, 0) is 7.05 Å². The Labute approximate surface area is 210 Å². The molecule has 6 nitrogen and oxygen atoms in total. The number of likely N-dealkylation sites (tertiary alicyclic amines) is 1. The van der Waals surface area contributed by atoms with Crippen molar-refractivity contribution >= 4 is 5.82 Å². The highest BCUT2D eigenvalue weighted by Crippen LogP contribution is 2.60. The zero-order chi connectivity index (χ0) is 23.6. The molecule has 0 radical (unpaired) electrons. The molecular weight excluding hydrogens is 432 g/mol. The van der Waals surface area contributed by atoms with Crippen molar-refractivity contribution in [3.05, 3.63) is 24.0 Å². The van der Waals surface area contributed by atoms with Crippen LogP contribution < -0.4 is 5.32 Å². The first-order valence-electron chi connectivity index (χ1n) is 14.3. The van der Waals surface area contributed by atoms with Gasteiger partial charge in [-0.2, -0.15) is 5.10 Å². The number of rotatable bonds is 6. The number of aromatic nitrogens is 4. The molecule has 0 unspecified atom stereocenters. The summed E-state index contributed by atoms with van der Waals surface area (Å²) in [6.45, 7) is 7.16. The number of nitrogens with one attached hydrogen (secondary N) is 1. The van der Waals surface area contributed by atoms with Crippen LogP contribution in [-0.4, -0.2) is 51.1 Å². The van der Waals surface area contributed by atoms with Crippen molar-refractivity contribution in [2.24, 2.45) is 41.5 Å². The summed E-state index contributed by atoms with van der Waals surface area (Å²) in [5.41, 5.74) is 4.28. The third-order valence-corrected chi connectivity index (χ3v) is 10.6. The second kappa shape index (κ2) is 8.29. The Morgan fingerprint density at radius 3 is 2.20 bits per heavy atom. The Bertz CT molecular complexity index is 1020. The van der Waals surface area contributed by atoms with Crippen LogP contribution in [0, 0.1) is 41.4 Å². The standard InChI is InChI=1S/C29H42N6/c1-20-25(18-34(2)33-20)26-3-4-27(32-31-26)30-17-24-15-28(16-24)5-7-35(8-6-28)19-29-12-21-9-22(13-29)11-23(10-21)14-29/h3-4,18,21-24H,5-17,19H2,1-2H3,(H,30,32). The lowest BCUT2D eigenvalue weighted by atomic mass is 9.49. The van der Waals surface area contributed by atoms with Gasteiger partial charge in [0.1, 0.15) is 5.82 Å². The van der Waals surface area contributed by atoms with E-state index < -0.39 is 0 Å². The van der Waals surface area contributed by atoms with E-state index in [2.05, 4.69) is 37.6 Å². The summed E-state index contributed by atoms with van der Waals surface area (Å²) in [4.78, 5) is 2.88. The fraction of sp³-hybridized carbons (Fsp3) is 0.759. The van der Waals surface area contributed by atoms with Crippen LogP contribution in [0.15, 0.2) is 18.3 Å². The van der Waals surface area contributed by atoms with E-state index in [1.807, 2.05) is 24.9 Å². The summed E-state index contributed by atoms with van der Waals surface area (Å²) in [5, 5.41) is 16.8. The monoisotopic (exact) mass is 474 g/mol. The Morgan fingerprint density at radius 2 is 1.63 bits per heavy atom. The first kappa shape index (κ1) is 22.3. The van der Waals surface area contributed by atoms with Gasteiger partial charge in [0.05, 0.1) is 11.4 Å². The Balaban J connectivity index is 0.872. The molecule has 5 aliphatic carbocycles. The summed E-state index contributed by atoms with van der Waals surface area (Å²) >= 11 is 0. The molecular formula is C29H42N6. The van der Waals surface area contributed by atoms with E-state index >= 15 is 0 Å². The summed E-state index contributed by atoms with van der Waals surface area (Å²) in [6, 6.07) is 4.12. The summed E-state index contributed by atoms with van der Waals surface area (Å²) in [7, 11) is 1.94. The lowest BCUT2D eigenvalue weighted by molar-refractivity contribution is -0.0836. The van der Waals surface area contributed by atoms with E-state index in [1.54, 1.807) is 38.5 Å². The average Bonchev–Trinajstić information content (AvgIpc) is 3.14. The number of hydrogen-bond donors (Lipinski definition) is 1. The van der Waals surface area contributed by atoms with Gasteiger partial charge in [0.2, 0.25) is 0 Å². The fourth-order valence-electron chi connectivity index (χ4n) is 9.53. The highest BCUT2D eigenvalue weighted by Gasteiger charge is 2.52. The van der Waals surface area contributed by atoms with E-state index in [0.717, 1.165) is 53.0 Å². The van der Waals surface area contributed by atoms with Crippen molar-refractivity contribution in [1.82, 2.24) is 24.9 Å². The molecule has 5 saturated carbocycles. The third-order valence-electron chi connectivity index (χ3n) is 10.6. The number of piperidine rings is 1. The van der Waals surface area contributed by atoms with Gasteiger partial charge >= 0.3 is 0 Å². The molecule has 8 rings (SSSR count). The van der Waals surface area contributed by atoms with Crippen molar-refractivity contribution in [1.29, 1.82) is 0 Å². The zero-order valence-electron chi connectivity index (χ0n) is 21.7. The molecule has 2 aromatic rings. The van der Waals surface area contributed by atoms with Gasteiger partial charge < -0.3 is 10.2 Å². The van der Waals surface area contributed by atoms with Crippen LogP contribution >= 0.6 is 0 Å². The van der Waals surface area contributed by atoms with E-state index in [1.165, 1.54) is 45.3 Å². The van der Waals surface area contributed by atoms with E-state index in [4.69, 9.17) is 0 Å². The lowest BCUT2D eigenvalue weighted by Gasteiger charge is -2.59. The Morgan fingerprint density at radius 1 is 0.943 bits per heavy atom. The van der Waals surface area contributed by atoms with E-state index in [9.17, 15) is 0 Å². The molecule has 1 aliphatic heterocycles. The van der Waals surface area contributed by atoms with Crippen LogP contribution in [0.2, 0.25) is 0 Å². The molecule has 188 valence electrons. The molecule has 6 fully saturated rings. The molecule has 0 amide bonds. The van der Waals surface area contributed by atoms with E-state index in [-0.39, 0.29) is 0 Å². The molecule has 1 N–H and O–H groups in total. The maximum Gasteiger partial charge on any atom is 0.148 e. The first-order valence-corrected chi connectivity index (χ1v) is 14.3. The minimum Gasteiger partial charge on any atom is -0.368 e. The molecule has 1 spiro atoms. The minimum atomic E-state index is 0.637. The van der Waals surface area contributed by atoms with Gasteiger partial charge in [0.15, 0.2) is 0 Å². The largest absolute Gasteiger partial charge is 0.368 e. The molecule has 0 atom stereocenters. The normalized spacial score (nSPS) is 33.8. The van der Waals surface area contributed by atoms with Gasteiger partial charge in [-0.3, -0.25) is 4.68 Å². The lowest BCUT2D eigenvalue weighted by Crippen LogP contribution is -2.54. The number of anilines is 1.